The van der Waals surface area contributed by atoms with E-state index in [2.05, 4.69) is 21.3 Å². The summed E-state index contributed by atoms with van der Waals surface area (Å²) in [4.78, 5) is 15.7. The number of hydrogen-bond acceptors (Lipinski definition) is 7. The molecule has 182 valence electrons. The Morgan fingerprint density at radius 2 is 1.94 bits per heavy atom. The summed E-state index contributed by atoms with van der Waals surface area (Å²) >= 11 is 2.02. The first kappa shape index (κ1) is 23.3. The molecular weight excluding hydrogens is 446 g/mol. The van der Waals surface area contributed by atoms with Gasteiger partial charge in [-0.1, -0.05) is 0 Å². The number of likely N-dealkylation sites (tertiary alicyclic amines) is 1. The lowest BCUT2D eigenvalue weighted by atomic mass is 10.1. The number of methoxy groups -OCH3 is 1. The number of ether oxygens (including phenoxy) is 2. The van der Waals surface area contributed by atoms with Crippen LogP contribution in [0.2, 0.25) is 0 Å². The lowest BCUT2D eigenvalue weighted by Crippen LogP contribution is -2.25. The lowest BCUT2D eigenvalue weighted by molar-refractivity contribution is 0.254. The number of nitrogens with zero attached hydrogens (tertiary/aromatic N) is 3. The molecule has 2 aromatic heterocycles. The molecule has 0 aliphatic carbocycles. The van der Waals surface area contributed by atoms with Crippen LogP contribution in [0.5, 0.6) is 11.5 Å². The van der Waals surface area contributed by atoms with Crippen LogP contribution in [-0.4, -0.2) is 70.8 Å². The number of hydrogen-bond donors (Lipinski definition) is 2. The number of anilines is 1. The van der Waals surface area contributed by atoms with E-state index in [-0.39, 0.29) is 0 Å². The molecule has 2 aliphatic heterocycles. The zero-order chi connectivity index (χ0) is 23.3. The van der Waals surface area contributed by atoms with Gasteiger partial charge >= 0.3 is 0 Å². The third-order valence-electron chi connectivity index (χ3n) is 6.69. The highest BCUT2D eigenvalue weighted by atomic mass is 32.2. The molecule has 7 nitrogen and oxygen atoms in total. The van der Waals surface area contributed by atoms with Crippen LogP contribution < -0.4 is 14.8 Å². The van der Waals surface area contributed by atoms with E-state index in [4.69, 9.17) is 19.4 Å². The smallest absolute Gasteiger partial charge is 0.178 e. The van der Waals surface area contributed by atoms with Crippen molar-refractivity contribution in [2.24, 2.45) is 0 Å². The molecule has 5 rings (SSSR count). The molecule has 2 fully saturated rings. The molecule has 0 amide bonds. The number of thioether (sulfide) groups is 1. The summed E-state index contributed by atoms with van der Waals surface area (Å²) in [6.45, 7) is 6.22. The van der Waals surface area contributed by atoms with Crippen molar-refractivity contribution in [3.05, 3.63) is 30.0 Å². The fraction of sp³-hybridized carbons (Fsp3) is 0.538. The topological polar surface area (TPSA) is 75.3 Å². The maximum Gasteiger partial charge on any atom is 0.178 e. The zero-order valence-electron chi connectivity index (χ0n) is 20.2. The molecule has 2 saturated heterocycles. The van der Waals surface area contributed by atoms with Gasteiger partial charge in [0.1, 0.15) is 5.82 Å². The molecule has 0 radical (unpaired) electrons. The normalized spacial score (nSPS) is 17.4. The summed E-state index contributed by atoms with van der Waals surface area (Å²) in [6, 6.07) is 8.54. The molecule has 8 heteroatoms. The number of benzene rings is 1. The van der Waals surface area contributed by atoms with E-state index in [9.17, 15) is 0 Å². The predicted molar refractivity (Wildman–Crippen MR) is 140 cm³/mol. The van der Waals surface area contributed by atoms with E-state index in [1.165, 1.54) is 37.4 Å². The highest BCUT2D eigenvalue weighted by molar-refractivity contribution is 7.99. The Hall–Kier alpha value is -2.45. The summed E-state index contributed by atoms with van der Waals surface area (Å²) in [5, 5.41) is 4.68. The first-order valence-electron chi connectivity index (χ1n) is 12.4. The van der Waals surface area contributed by atoms with Gasteiger partial charge in [-0.05, 0) is 81.8 Å². The van der Waals surface area contributed by atoms with E-state index < -0.39 is 0 Å². The number of aromatic nitrogens is 3. The highest BCUT2D eigenvalue weighted by Gasteiger charge is 2.19. The molecule has 2 aliphatic rings. The number of fused-ring (bicyclic) bond motifs is 1. The van der Waals surface area contributed by atoms with Gasteiger partial charge in [0.25, 0.3) is 0 Å². The average molecular weight is 482 g/mol. The number of H-pyrrole nitrogens is 1. The SMILES string of the molecule is COc1cc2c(NC3CCSCC3)nc(-c3ccc(C)[nH]3)nc2cc1OCCCN1CCCC1. The van der Waals surface area contributed by atoms with Gasteiger partial charge in [0.05, 0.1) is 24.9 Å². The molecule has 0 spiro atoms. The first-order valence-corrected chi connectivity index (χ1v) is 13.6. The molecule has 0 unspecified atom stereocenters. The summed E-state index contributed by atoms with van der Waals surface area (Å²) in [7, 11) is 1.70. The van der Waals surface area contributed by atoms with Crippen LogP contribution in [0.15, 0.2) is 24.3 Å². The van der Waals surface area contributed by atoms with Crippen LogP contribution in [-0.2, 0) is 0 Å². The third kappa shape index (κ3) is 5.44. The van der Waals surface area contributed by atoms with Crippen LogP contribution in [0.4, 0.5) is 5.82 Å². The van der Waals surface area contributed by atoms with E-state index in [0.29, 0.717) is 18.5 Å². The second-order valence-electron chi connectivity index (χ2n) is 9.25. The van der Waals surface area contributed by atoms with Gasteiger partial charge in [0.15, 0.2) is 17.3 Å². The van der Waals surface area contributed by atoms with Crippen molar-refractivity contribution in [3.8, 4) is 23.0 Å². The molecule has 2 N–H and O–H groups in total. The monoisotopic (exact) mass is 481 g/mol. The van der Waals surface area contributed by atoms with Gasteiger partial charge in [0.2, 0.25) is 0 Å². The van der Waals surface area contributed by atoms with Crippen molar-refractivity contribution in [1.82, 2.24) is 19.9 Å². The van der Waals surface area contributed by atoms with E-state index in [0.717, 1.165) is 65.4 Å². The Morgan fingerprint density at radius 3 is 2.68 bits per heavy atom. The Morgan fingerprint density at radius 1 is 1.12 bits per heavy atom. The largest absolute Gasteiger partial charge is 0.493 e. The van der Waals surface area contributed by atoms with Crippen molar-refractivity contribution < 1.29 is 9.47 Å². The maximum absolute atomic E-state index is 6.19. The van der Waals surface area contributed by atoms with Crippen LogP contribution in [0.25, 0.3) is 22.4 Å². The average Bonchev–Trinajstić information content (AvgIpc) is 3.54. The van der Waals surface area contributed by atoms with Gasteiger partial charge in [-0.15, -0.1) is 0 Å². The third-order valence-corrected chi connectivity index (χ3v) is 7.74. The van der Waals surface area contributed by atoms with Crippen LogP contribution in [0, 0.1) is 6.92 Å². The second-order valence-corrected chi connectivity index (χ2v) is 10.5. The number of rotatable bonds is 9. The van der Waals surface area contributed by atoms with Crippen molar-refractivity contribution in [2.75, 3.05) is 50.2 Å². The fourth-order valence-corrected chi connectivity index (χ4v) is 5.89. The fourth-order valence-electron chi connectivity index (χ4n) is 4.79. The Labute approximate surface area is 206 Å². The van der Waals surface area contributed by atoms with Gasteiger partial charge < -0.3 is 24.7 Å². The number of nitrogens with one attached hydrogen (secondary N) is 2. The summed E-state index contributed by atoms with van der Waals surface area (Å²) < 4.78 is 11.9. The Bertz CT molecular complexity index is 1110. The van der Waals surface area contributed by atoms with Crippen molar-refractivity contribution >= 4 is 28.5 Å². The van der Waals surface area contributed by atoms with Crippen LogP contribution >= 0.6 is 11.8 Å². The summed E-state index contributed by atoms with van der Waals surface area (Å²) in [6.07, 6.45) is 5.92. The predicted octanol–water partition coefficient (Wildman–Crippen LogP) is 5.11. The Kier molecular flexibility index (Phi) is 7.45. The minimum Gasteiger partial charge on any atom is -0.493 e. The van der Waals surface area contributed by atoms with Gasteiger partial charge in [-0.3, -0.25) is 0 Å². The minimum absolute atomic E-state index is 0.421. The van der Waals surface area contributed by atoms with Crippen molar-refractivity contribution in [3.63, 3.8) is 0 Å². The summed E-state index contributed by atoms with van der Waals surface area (Å²) in [5.74, 6) is 5.39. The van der Waals surface area contributed by atoms with Gasteiger partial charge in [-0.2, -0.15) is 11.8 Å². The molecule has 3 aromatic rings. The van der Waals surface area contributed by atoms with E-state index >= 15 is 0 Å². The van der Waals surface area contributed by atoms with Gasteiger partial charge in [0, 0.05) is 29.7 Å². The van der Waals surface area contributed by atoms with E-state index in [1.807, 2.05) is 36.9 Å². The minimum atomic E-state index is 0.421. The maximum atomic E-state index is 6.19. The second kappa shape index (κ2) is 10.9. The highest BCUT2D eigenvalue weighted by Crippen LogP contribution is 2.36. The molecule has 4 heterocycles. The Balaban J connectivity index is 1.43. The lowest BCUT2D eigenvalue weighted by Gasteiger charge is -2.24. The summed E-state index contributed by atoms with van der Waals surface area (Å²) in [5.41, 5.74) is 2.88. The quantitative estimate of drug-likeness (QED) is 0.411. The number of aromatic amines is 1. The van der Waals surface area contributed by atoms with Gasteiger partial charge in [-0.25, -0.2) is 9.97 Å². The molecule has 0 bridgehead atoms. The molecule has 34 heavy (non-hydrogen) atoms. The zero-order valence-corrected chi connectivity index (χ0v) is 21.0. The first-order chi connectivity index (χ1) is 16.7. The molecule has 0 atom stereocenters. The standard InChI is InChI=1S/C26H35N5O2S/c1-18-6-7-21(27-18)26-29-22-17-24(33-13-5-12-31-10-3-4-11-31)23(32-2)16-20(22)25(30-26)28-19-8-14-34-15-9-19/h6-7,16-17,19,27H,3-5,8-15H2,1-2H3,(H,28,29,30). The van der Waals surface area contributed by atoms with Crippen molar-refractivity contribution in [1.29, 1.82) is 0 Å². The van der Waals surface area contributed by atoms with Crippen LogP contribution in [0.3, 0.4) is 0 Å². The molecular formula is C26H35N5O2S. The van der Waals surface area contributed by atoms with Crippen molar-refractivity contribution in [2.45, 2.75) is 45.1 Å². The molecule has 1 aromatic carbocycles. The van der Waals surface area contributed by atoms with Crippen LogP contribution in [0.1, 0.15) is 37.8 Å². The molecule has 0 saturated carbocycles. The van der Waals surface area contributed by atoms with E-state index in [1.54, 1.807) is 7.11 Å². The number of aryl methyl sites for hydroxylation is 1.